The van der Waals surface area contributed by atoms with Gasteiger partial charge in [0.15, 0.2) is 0 Å². The third kappa shape index (κ3) is 3.65. The van der Waals surface area contributed by atoms with E-state index in [-0.39, 0.29) is 16.8 Å². The molecule has 1 amide bonds. The van der Waals surface area contributed by atoms with Gasteiger partial charge < -0.3 is 10.2 Å². The van der Waals surface area contributed by atoms with Crippen molar-refractivity contribution in [1.82, 2.24) is 14.5 Å². The highest BCUT2D eigenvalue weighted by Gasteiger charge is 2.38. The second-order valence-corrected chi connectivity index (χ2v) is 10.2. The third-order valence-corrected chi connectivity index (χ3v) is 8.47. The SMILES string of the molecule is CN(C1CCCCC1)S(=O)(=O)c1ccc(C(=O)N2C[C@H]3CNC[C@H]3C2)cc1. The van der Waals surface area contributed by atoms with Crippen LogP contribution in [0.4, 0.5) is 0 Å². The Morgan fingerprint density at radius 1 is 1.04 bits per heavy atom. The average molecular weight is 392 g/mol. The topological polar surface area (TPSA) is 69.7 Å². The van der Waals surface area contributed by atoms with E-state index in [1.54, 1.807) is 31.3 Å². The molecule has 0 aromatic heterocycles. The molecular weight excluding hydrogens is 362 g/mol. The van der Waals surface area contributed by atoms with Gasteiger partial charge in [0.1, 0.15) is 0 Å². The molecule has 1 aromatic carbocycles. The van der Waals surface area contributed by atoms with E-state index in [2.05, 4.69) is 5.32 Å². The van der Waals surface area contributed by atoms with Gasteiger partial charge in [-0.2, -0.15) is 4.31 Å². The molecule has 2 aliphatic heterocycles. The molecule has 0 spiro atoms. The number of nitrogens with one attached hydrogen (secondary N) is 1. The van der Waals surface area contributed by atoms with Gasteiger partial charge in [-0.15, -0.1) is 0 Å². The van der Waals surface area contributed by atoms with Crippen LogP contribution in [0.1, 0.15) is 42.5 Å². The molecule has 1 saturated carbocycles. The zero-order valence-corrected chi connectivity index (χ0v) is 16.7. The van der Waals surface area contributed by atoms with E-state index >= 15 is 0 Å². The van der Waals surface area contributed by atoms with Gasteiger partial charge >= 0.3 is 0 Å². The van der Waals surface area contributed by atoms with Crippen LogP contribution < -0.4 is 5.32 Å². The van der Waals surface area contributed by atoms with Crippen LogP contribution in [0, 0.1) is 11.8 Å². The number of sulfonamides is 1. The number of likely N-dealkylation sites (tertiary alicyclic amines) is 1. The molecule has 2 heterocycles. The number of nitrogens with zero attached hydrogens (tertiary/aromatic N) is 2. The number of fused-ring (bicyclic) bond motifs is 1. The first kappa shape index (κ1) is 18.9. The molecule has 1 aromatic rings. The van der Waals surface area contributed by atoms with Gasteiger partial charge in [-0.3, -0.25) is 4.79 Å². The predicted octanol–water partition coefficient (Wildman–Crippen LogP) is 1.93. The Bertz CT molecular complexity index is 775. The number of carbonyl (C=O) groups is 1. The van der Waals surface area contributed by atoms with Gasteiger partial charge in [-0.05, 0) is 48.9 Å². The van der Waals surface area contributed by atoms with Crippen molar-refractivity contribution in [3.05, 3.63) is 29.8 Å². The highest BCUT2D eigenvalue weighted by atomic mass is 32.2. The zero-order valence-electron chi connectivity index (χ0n) is 15.9. The van der Waals surface area contributed by atoms with Gasteiger partial charge in [0.25, 0.3) is 5.91 Å². The fourth-order valence-corrected chi connectivity index (χ4v) is 6.20. The number of amides is 1. The minimum atomic E-state index is -3.51. The lowest BCUT2D eigenvalue weighted by atomic mass is 9.96. The average Bonchev–Trinajstić information content (AvgIpc) is 3.30. The molecule has 2 saturated heterocycles. The fraction of sp³-hybridized carbons (Fsp3) is 0.650. The Morgan fingerprint density at radius 3 is 2.22 bits per heavy atom. The van der Waals surface area contributed by atoms with E-state index in [1.165, 1.54) is 10.7 Å². The molecule has 2 atom stereocenters. The summed E-state index contributed by atoms with van der Waals surface area (Å²) < 4.78 is 27.4. The maximum absolute atomic E-state index is 12.9. The lowest BCUT2D eigenvalue weighted by Crippen LogP contribution is -2.38. The van der Waals surface area contributed by atoms with Crippen molar-refractivity contribution in [3.8, 4) is 0 Å². The maximum atomic E-state index is 12.9. The van der Waals surface area contributed by atoms with Crippen LogP contribution in [0.3, 0.4) is 0 Å². The smallest absolute Gasteiger partial charge is 0.253 e. The van der Waals surface area contributed by atoms with Crippen LogP contribution in [0.5, 0.6) is 0 Å². The van der Waals surface area contributed by atoms with E-state index in [1.807, 2.05) is 4.90 Å². The number of hydrogen-bond acceptors (Lipinski definition) is 4. The molecule has 6 nitrogen and oxygen atoms in total. The molecule has 0 unspecified atom stereocenters. The minimum Gasteiger partial charge on any atom is -0.338 e. The zero-order chi connectivity index (χ0) is 19.0. The van der Waals surface area contributed by atoms with Crippen molar-refractivity contribution >= 4 is 15.9 Å². The highest BCUT2D eigenvalue weighted by molar-refractivity contribution is 7.89. The summed E-state index contributed by atoms with van der Waals surface area (Å²) in [4.78, 5) is 14.9. The summed E-state index contributed by atoms with van der Waals surface area (Å²) in [6.45, 7) is 3.56. The maximum Gasteiger partial charge on any atom is 0.253 e. The van der Waals surface area contributed by atoms with Crippen molar-refractivity contribution < 1.29 is 13.2 Å². The first-order chi connectivity index (χ1) is 13.0. The highest BCUT2D eigenvalue weighted by Crippen LogP contribution is 2.29. The van der Waals surface area contributed by atoms with E-state index in [0.29, 0.717) is 17.4 Å². The van der Waals surface area contributed by atoms with Crippen LogP contribution in [0.15, 0.2) is 29.2 Å². The summed E-state index contributed by atoms with van der Waals surface area (Å²) >= 11 is 0. The lowest BCUT2D eigenvalue weighted by Gasteiger charge is -2.30. The molecule has 27 heavy (non-hydrogen) atoms. The van der Waals surface area contributed by atoms with Crippen LogP contribution in [0.2, 0.25) is 0 Å². The van der Waals surface area contributed by atoms with Crippen LogP contribution in [-0.2, 0) is 10.0 Å². The van der Waals surface area contributed by atoms with Crippen molar-refractivity contribution in [2.75, 3.05) is 33.2 Å². The Labute approximate surface area is 162 Å². The quantitative estimate of drug-likeness (QED) is 0.852. The summed E-state index contributed by atoms with van der Waals surface area (Å²) in [5, 5.41) is 3.38. The number of carbonyl (C=O) groups excluding carboxylic acids is 1. The summed E-state index contributed by atoms with van der Waals surface area (Å²) in [5.41, 5.74) is 0.571. The predicted molar refractivity (Wildman–Crippen MR) is 104 cm³/mol. The van der Waals surface area contributed by atoms with Gasteiger partial charge in [0, 0.05) is 44.8 Å². The van der Waals surface area contributed by atoms with Gasteiger partial charge in [0.05, 0.1) is 4.90 Å². The summed E-state index contributed by atoms with van der Waals surface area (Å²) in [5.74, 6) is 1.12. The second-order valence-electron chi connectivity index (χ2n) is 8.23. The first-order valence-corrected chi connectivity index (χ1v) is 11.5. The Kier molecular flexibility index (Phi) is 5.27. The third-order valence-electron chi connectivity index (χ3n) is 6.54. The lowest BCUT2D eigenvalue weighted by molar-refractivity contribution is 0.0781. The van der Waals surface area contributed by atoms with Crippen LogP contribution >= 0.6 is 0 Å². The molecule has 0 radical (unpaired) electrons. The van der Waals surface area contributed by atoms with E-state index < -0.39 is 10.0 Å². The molecule has 3 fully saturated rings. The van der Waals surface area contributed by atoms with Crippen molar-refractivity contribution in [3.63, 3.8) is 0 Å². The summed E-state index contributed by atoms with van der Waals surface area (Å²) in [7, 11) is -1.83. The van der Waals surface area contributed by atoms with Crippen molar-refractivity contribution in [2.45, 2.75) is 43.0 Å². The molecule has 3 aliphatic rings. The molecular formula is C20H29N3O3S. The number of benzene rings is 1. The molecule has 4 rings (SSSR count). The standard InChI is InChI=1S/C20H29N3O3S/c1-22(18-5-3-2-4-6-18)27(25,26)19-9-7-15(8-10-19)20(24)23-13-16-11-21-12-17(16)14-23/h7-10,16-18,21H,2-6,11-14H2,1H3/t16-,17+. The van der Waals surface area contributed by atoms with E-state index in [4.69, 9.17) is 0 Å². The minimum absolute atomic E-state index is 0.00832. The van der Waals surface area contributed by atoms with Crippen molar-refractivity contribution in [2.24, 2.45) is 11.8 Å². The van der Waals surface area contributed by atoms with Gasteiger partial charge in [0.2, 0.25) is 10.0 Å². The van der Waals surface area contributed by atoms with Crippen LogP contribution in [-0.4, -0.2) is 62.8 Å². The number of rotatable bonds is 4. The first-order valence-electron chi connectivity index (χ1n) is 10.0. The Balaban J connectivity index is 1.45. The Morgan fingerprint density at radius 2 is 1.63 bits per heavy atom. The largest absolute Gasteiger partial charge is 0.338 e. The summed E-state index contributed by atoms with van der Waals surface area (Å²) in [6.07, 6.45) is 5.23. The Hall–Kier alpha value is -1.44. The van der Waals surface area contributed by atoms with Gasteiger partial charge in [-0.25, -0.2) is 8.42 Å². The van der Waals surface area contributed by atoms with E-state index in [0.717, 1.165) is 51.9 Å². The van der Waals surface area contributed by atoms with Crippen LogP contribution in [0.25, 0.3) is 0 Å². The molecule has 1 N–H and O–H groups in total. The normalized spacial score (nSPS) is 26.5. The molecule has 7 heteroatoms. The second kappa shape index (κ2) is 7.53. The number of hydrogen-bond donors (Lipinski definition) is 1. The van der Waals surface area contributed by atoms with Gasteiger partial charge in [-0.1, -0.05) is 19.3 Å². The molecule has 148 valence electrons. The monoisotopic (exact) mass is 391 g/mol. The summed E-state index contributed by atoms with van der Waals surface area (Å²) in [6, 6.07) is 6.58. The van der Waals surface area contributed by atoms with E-state index in [9.17, 15) is 13.2 Å². The fourth-order valence-electron chi connectivity index (χ4n) is 4.78. The molecule has 1 aliphatic carbocycles. The van der Waals surface area contributed by atoms with Crippen molar-refractivity contribution in [1.29, 1.82) is 0 Å². The molecule has 0 bridgehead atoms.